The van der Waals surface area contributed by atoms with Gasteiger partial charge in [-0.15, -0.1) is 0 Å². The van der Waals surface area contributed by atoms with Crippen LogP contribution in [0.15, 0.2) is 54.7 Å². The van der Waals surface area contributed by atoms with Gasteiger partial charge < -0.3 is 16.0 Å². The van der Waals surface area contributed by atoms with E-state index < -0.39 is 6.04 Å². The molecule has 1 aliphatic heterocycles. The highest BCUT2D eigenvalue weighted by atomic mass is 16.2. The summed E-state index contributed by atoms with van der Waals surface area (Å²) in [5, 5.41) is 8.43. The lowest BCUT2D eigenvalue weighted by atomic mass is 9.95. The lowest BCUT2D eigenvalue weighted by molar-refractivity contribution is -0.124. The normalized spacial score (nSPS) is 17.8. The van der Waals surface area contributed by atoms with Gasteiger partial charge in [-0.1, -0.05) is 36.4 Å². The van der Waals surface area contributed by atoms with Gasteiger partial charge in [0.05, 0.1) is 0 Å². The largest absolute Gasteiger partial charge is 0.354 e. The van der Waals surface area contributed by atoms with E-state index in [4.69, 9.17) is 0 Å². The summed E-state index contributed by atoms with van der Waals surface area (Å²) >= 11 is 0. The zero-order valence-electron chi connectivity index (χ0n) is 14.7. The molecule has 0 bridgehead atoms. The molecule has 6 heteroatoms. The topological polar surface area (TPSA) is 83.1 Å². The zero-order chi connectivity index (χ0) is 18.2. The van der Waals surface area contributed by atoms with Crippen LogP contribution in [0.1, 0.15) is 30.0 Å². The van der Waals surface area contributed by atoms with E-state index in [9.17, 15) is 9.59 Å². The van der Waals surface area contributed by atoms with Crippen LogP contribution in [-0.2, 0) is 11.2 Å². The molecule has 0 aliphatic carbocycles. The van der Waals surface area contributed by atoms with Crippen LogP contribution < -0.4 is 16.0 Å². The highest BCUT2D eigenvalue weighted by molar-refractivity contribution is 5.87. The molecule has 1 saturated heterocycles. The molecule has 1 aliphatic rings. The van der Waals surface area contributed by atoms with Crippen LogP contribution in [0, 0.1) is 0 Å². The van der Waals surface area contributed by atoms with Gasteiger partial charge in [-0.3, -0.25) is 9.78 Å². The van der Waals surface area contributed by atoms with Gasteiger partial charge in [-0.25, -0.2) is 4.79 Å². The summed E-state index contributed by atoms with van der Waals surface area (Å²) in [5.41, 5.74) is 2.13. The van der Waals surface area contributed by atoms with E-state index in [2.05, 4.69) is 33.1 Å². The van der Waals surface area contributed by atoms with E-state index >= 15 is 0 Å². The van der Waals surface area contributed by atoms with E-state index in [-0.39, 0.29) is 17.9 Å². The van der Waals surface area contributed by atoms with Crippen molar-refractivity contribution in [2.24, 2.45) is 0 Å². The van der Waals surface area contributed by atoms with Crippen molar-refractivity contribution in [2.75, 3.05) is 13.1 Å². The number of nitrogens with zero attached hydrogens (tertiary/aromatic N) is 1. The van der Waals surface area contributed by atoms with Crippen LogP contribution in [0.2, 0.25) is 0 Å². The average molecular weight is 352 g/mol. The monoisotopic (exact) mass is 352 g/mol. The molecule has 2 unspecified atom stereocenters. The molecule has 3 amide bonds. The van der Waals surface area contributed by atoms with Gasteiger partial charge in [0.1, 0.15) is 6.04 Å². The third-order valence-corrected chi connectivity index (χ3v) is 4.53. The first kappa shape index (κ1) is 17.9. The second-order valence-electron chi connectivity index (χ2n) is 6.48. The number of aromatic nitrogens is 1. The molecule has 6 nitrogen and oxygen atoms in total. The molecule has 1 fully saturated rings. The molecule has 26 heavy (non-hydrogen) atoms. The number of urea groups is 1. The van der Waals surface area contributed by atoms with Crippen LogP contribution in [0.5, 0.6) is 0 Å². The predicted molar refractivity (Wildman–Crippen MR) is 99.7 cm³/mol. The lowest BCUT2D eigenvalue weighted by Crippen LogP contribution is -2.53. The Morgan fingerprint density at radius 2 is 2.00 bits per heavy atom. The highest BCUT2D eigenvalue weighted by Crippen LogP contribution is 2.18. The minimum atomic E-state index is -0.453. The van der Waals surface area contributed by atoms with Crippen LogP contribution >= 0.6 is 0 Å². The summed E-state index contributed by atoms with van der Waals surface area (Å²) < 4.78 is 0. The second kappa shape index (κ2) is 8.99. The smallest absolute Gasteiger partial charge is 0.315 e. The van der Waals surface area contributed by atoms with Crippen LogP contribution in [0.25, 0.3) is 0 Å². The maximum absolute atomic E-state index is 12.2. The molecular weight excluding hydrogens is 328 g/mol. The predicted octanol–water partition coefficient (Wildman–Crippen LogP) is 1.99. The second-order valence-corrected chi connectivity index (χ2v) is 6.48. The minimum Gasteiger partial charge on any atom is -0.354 e. The molecule has 0 saturated carbocycles. The molecular formula is C20H24N4O2. The van der Waals surface area contributed by atoms with Crippen molar-refractivity contribution in [3.63, 3.8) is 0 Å². The van der Waals surface area contributed by atoms with E-state index in [1.807, 2.05) is 36.4 Å². The summed E-state index contributed by atoms with van der Waals surface area (Å²) in [6.07, 6.45) is 4.09. The van der Waals surface area contributed by atoms with Crippen molar-refractivity contribution in [3.05, 3.63) is 66.0 Å². The third-order valence-electron chi connectivity index (χ3n) is 4.53. The number of hydrogen-bond donors (Lipinski definition) is 3. The van der Waals surface area contributed by atoms with Crippen molar-refractivity contribution >= 4 is 11.9 Å². The van der Waals surface area contributed by atoms with E-state index in [1.165, 1.54) is 5.56 Å². The number of hydrogen-bond acceptors (Lipinski definition) is 3. The highest BCUT2D eigenvalue weighted by Gasteiger charge is 2.24. The summed E-state index contributed by atoms with van der Waals surface area (Å²) in [5.74, 6) is -0.0542. The van der Waals surface area contributed by atoms with E-state index in [0.29, 0.717) is 19.5 Å². The number of pyridine rings is 1. The fourth-order valence-electron chi connectivity index (χ4n) is 3.13. The maximum atomic E-state index is 12.2. The molecule has 2 atom stereocenters. The molecule has 0 radical (unpaired) electrons. The number of benzene rings is 1. The summed E-state index contributed by atoms with van der Waals surface area (Å²) in [6.45, 7) is 1.13. The number of amides is 3. The third kappa shape index (κ3) is 5.05. The molecule has 136 valence electrons. The molecule has 1 aromatic heterocycles. The summed E-state index contributed by atoms with van der Waals surface area (Å²) in [6, 6.07) is 15.2. The van der Waals surface area contributed by atoms with Gasteiger partial charge >= 0.3 is 6.03 Å². The van der Waals surface area contributed by atoms with Gasteiger partial charge in [0.2, 0.25) is 5.91 Å². The van der Waals surface area contributed by atoms with E-state index in [0.717, 1.165) is 18.5 Å². The Balaban J connectivity index is 1.60. The first-order valence-corrected chi connectivity index (χ1v) is 8.99. The van der Waals surface area contributed by atoms with E-state index in [1.54, 1.807) is 6.20 Å². The number of piperidine rings is 1. The molecule has 2 heterocycles. The molecule has 3 rings (SSSR count). The quantitative estimate of drug-likeness (QED) is 0.743. The summed E-state index contributed by atoms with van der Waals surface area (Å²) in [4.78, 5) is 28.4. The van der Waals surface area contributed by atoms with Crippen LogP contribution in [0.4, 0.5) is 4.79 Å². The fourth-order valence-corrected chi connectivity index (χ4v) is 3.13. The Hall–Kier alpha value is -2.89. The first-order valence-electron chi connectivity index (χ1n) is 8.99. The molecule has 1 aromatic carbocycles. The Labute approximate surface area is 153 Å². The fraction of sp³-hybridized carbons (Fsp3) is 0.350. The van der Waals surface area contributed by atoms with Crippen molar-refractivity contribution in [2.45, 2.75) is 31.2 Å². The Morgan fingerprint density at radius 3 is 2.73 bits per heavy atom. The SMILES string of the molecule is O=C(NCC(Cc1ccccc1)c1ccccn1)NC1CCCNC1=O. The number of carbonyl (C=O) groups excluding carboxylic acids is 2. The number of nitrogens with one attached hydrogen (secondary N) is 3. The van der Waals surface area contributed by atoms with Gasteiger partial charge in [-0.05, 0) is 37.0 Å². The average Bonchev–Trinajstić information content (AvgIpc) is 2.68. The zero-order valence-corrected chi connectivity index (χ0v) is 14.7. The Bertz CT molecular complexity index is 721. The molecule has 3 N–H and O–H groups in total. The van der Waals surface area contributed by atoms with Gasteiger partial charge in [-0.2, -0.15) is 0 Å². The van der Waals surface area contributed by atoms with Crippen molar-refractivity contribution in [1.82, 2.24) is 20.9 Å². The van der Waals surface area contributed by atoms with Crippen LogP contribution in [-0.4, -0.2) is 36.1 Å². The lowest BCUT2D eigenvalue weighted by Gasteiger charge is -2.24. The van der Waals surface area contributed by atoms with Crippen molar-refractivity contribution in [1.29, 1.82) is 0 Å². The number of carbonyl (C=O) groups is 2. The van der Waals surface area contributed by atoms with Gasteiger partial charge in [0.15, 0.2) is 0 Å². The Morgan fingerprint density at radius 1 is 1.19 bits per heavy atom. The maximum Gasteiger partial charge on any atom is 0.315 e. The molecule has 0 spiro atoms. The van der Waals surface area contributed by atoms with Gasteiger partial charge in [0.25, 0.3) is 0 Å². The van der Waals surface area contributed by atoms with Crippen molar-refractivity contribution < 1.29 is 9.59 Å². The minimum absolute atomic E-state index is 0.0598. The molecule has 2 aromatic rings. The van der Waals surface area contributed by atoms with Crippen LogP contribution in [0.3, 0.4) is 0 Å². The first-order chi connectivity index (χ1) is 12.7. The van der Waals surface area contributed by atoms with Gasteiger partial charge in [0, 0.05) is 30.9 Å². The summed E-state index contributed by atoms with van der Waals surface area (Å²) in [7, 11) is 0. The number of rotatable bonds is 6. The standard InChI is InChI=1S/C20H24N4O2/c25-19-18(10-6-12-22-19)24-20(26)23-14-16(17-9-4-5-11-21-17)13-15-7-2-1-3-8-15/h1-5,7-9,11,16,18H,6,10,12-14H2,(H,22,25)(H2,23,24,26). The Kier molecular flexibility index (Phi) is 6.19. The van der Waals surface area contributed by atoms with Crippen molar-refractivity contribution in [3.8, 4) is 0 Å².